The van der Waals surface area contributed by atoms with Crippen molar-refractivity contribution in [2.45, 2.75) is 52.4 Å². The van der Waals surface area contributed by atoms with Crippen LogP contribution < -0.4 is 10.1 Å². The van der Waals surface area contributed by atoms with Crippen molar-refractivity contribution in [3.63, 3.8) is 0 Å². The Morgan fingerprint density at radius 1 is 1.12 bits per heavy atom. The molecule has 4 nitrogen and oxygen atoms in total. The van der Waals surface area contributed by atoms with Crippen molar-refractivity contribution in [1.29, 1.82) is 0 Å². The van der Waals surface area contributed by atoms with Crippen LogP contribution in [0.4, 0.5) is 4.79 Å². The third-order valence-electron chi connectivity index (χ3n) is 3.52. The minimum absolute atomic E-state index is 0.0249. The lowest BCUT2D eigenvalue weighted by molar-refractivity contribution is 0.0508. The van der Waals surface area contributed by atoms with E-state index >= 15 is 0 Å². The molecule has 0 spiro atoms. The Hall–Kier alpha value is -2.20. The number of benzene rings is 2. The molecule has 26 heavy (non-hydrogen) atoms. The average Bonchev–Trinajstić information content (AvgIpc) is 2.52. The van der Waals surface area contributed by atoms with Gasteiger partial charge in [-0.2, -0.15) is 0 Å². The van der Waals surface area contributed by atoms with Gasteiger partial charge in [-0.15, -0.1) is 0 Å². The summed E-state index contributed by atoms with van der Waals surface area (Å²) in [6.07, 6.45) is 0.319. The molecule has 2 aromatic carbocycles. The summed E-state index contributed by atoms with van der Waals surface area (Å²) in [5.74, 6) is 0.793. The summed E-state index contributed by atoms with van der Waals surface area (Å²) in [6.45, 7) is 7.96. The second-order valence-corrected chi connectivity index (χ2v) is 7.75. The largest absolute Gasteiger partial charge is 0.489 e. The number of ether oxygens (including phenoxy) is 2. The third kappa shape index (κ3) is 7.36. The molecule has 0 bridgehead atoms. The summed E-state index contributed by atoms with van der Waals surface area (Å²) < 4.78 is 11.0. The average molecular weight is 376 g/mol. The Morgan fingerprint density at radius 2 is 1.81 bits per heavy atom. The molecule has 0 saturated heterocycles. The summed E-state index contributed by atoms with van der Waals surface area (Å²) in [6, 6.07) is 15.4. The quantitative estimate of drug-likeness (QED) is 0.737. The van der Waals surface area contributed by atoms with Crippen LogP contribution in [0.1, 0.15) is 38.8 Å². The molecule has 0 aromatic heterocycles. The maximum atomic E-state index is 11.8. The van der Waals surface area contributed by atoms with Crippen LogP contribution >= 0.6 is 11.6 Å². The van der Waals surface area contributed by atoms with Crippen molar-refractivity contribution < 1.29 is 14.3 Å². The SMILES string of the molecule is CC(Cc1ccc(OCc2cccc(Cl)c2)cc1)NC(=O)OC(C)(C)C. The summed E-state index contributed by atoms with van der Waals surface area (Å²) >= 11 is 5.97. The van der Waals surface area contributed by atoms with E-state index in [1.165, 1.54) is 0 Å². The molecule has 0 aliphatic rings. The molecule has 1 unspecified atom stereocenters. The molecule has 0 heterocycles. The van der Waals surface area contributed by atoms with Gasteiger partial charge in [-0.05, 0) is 69.5 Å². The molecule has 0 aliphatic heterocycles. The molecule has 2 rings (SSSR count). The van der Waals surface area contributed by atoms with Crippen LogP contribution in [-0.4, -0.2) is 17.7 Å². The van der Waals surface area contributed by atoms with E-state index in [1.54, 1.807) is 0 Å². The highest BCUT2D eigenvalue weighted by atomic mass is 35.5. The fourth-order valence-corrected chi connectivity index (χ4v) is 2.64. The second-order valence-electron chi connectivity index (χ2n) is 7.31. The standard InChI is InChI=1S/C21H26ClNO3/c1-15(23-20(24)26-21(2,3)4)12-16-8-10-19(11-9-16)25-14-17-6-5-7-18(22)13-17/h5-11,13,15H,12,14H2,1-4H3,(H,23,24). The number of alkyl carbamates (subject to hydrolysis) is 1. The number of hydrogen-bond donors (Lipinski definition) is 1. The molecule has 140 valence electrons. The molecule has 0 saturated carbocycles. The number of amides is 1. The van der Waals surface area contributed by atoms with Crippen molar-refractivity contribution in [2.24, 2.45) is 0 Å². The van der Waals surface area contributed by atoms with Crippen molar-refractivity contribution in [3.8, 4) is 5.75 Å². The van der Waals surface area contributed by atoms with Gasteiger partial charge in [-0.1, -0.05) is 35.9 Å². The summed E-state index contributed by atoms with van der Waals surface area (Å²) in [4.78, 5) is 11.8. The smallest absolute Gasteiger partial charge is 0.407 e. The first kappa shape index (κ1) is 20.1. The lowest BCUT2D eigenvalue weighted by Crippen LogP contribution is -2.38. The first-order chi connectivity index (χ1) is 12.2. The third-order valence-corrected chi connectivity index (χ3v) is 3.76. The molecule has 1 amide bonds. The van der Waals surface area contributed by atoms with Crippen LogP contribution in [0, 0.1) is 0 Å². The molecule has 0 radical (unpaired) electrons. The van der Waals surface area contributed by atoms with Gasteiger partial charge in [-0.3, -0.25) is 0 Å². The zero-order chi connectivity index (χ0) is 19.2. The Balaban J connectivity index is 1.82. The molecule has 0 aliphatic carbocycles. The van der Waals surface area contributed by atoms with Crippen LogP contribution in [0.15, 0.2) is 48.5 Å². The van der Waals surface area contributed by atoms with Crippen molar-refractivity contribution in [2.75, 3.05) is 0 Å². The van der Waals surface area contributed by atoms with Gasteiger partial charge in [0.1, 0.15) is 18.0 Å². The number of carbonyl (C=O) groups is 1. The van der Waals surface area contributed by atoms with Gasteiger partial charge in [0.2, 0.25) is 0 Å². The van der Waals surface area contributed by atoms with Crippen molar-refractivity contribution in [1.82, 2.24) is 5.32 Å². The fraction of sp³-hybridized carbons (Fsp3) is 0.381. The Bertz CT molecular complexity index is 723. The van der Waals surface area contributed by atoms with Gasteiger partial charge in [-0.25, -0.2) is 4.79 Å². The Labute approximate surface area is 160 Å². The van der Waals surface area contributed by atoms with E-state index in [0.717, 1.165) is 16.9 Å². The van der Waals surface area contributed by atoms with E-state index in [1.807, 2.05) is 76.2 Å². The first-order valence-electron chi connectivity index (χ1n) is 8.67. The molecule has 5 heteroatoms. The van der Waals surface area contributed by atoms with Gasteiger partial charge in [0.05, 0.1) is 0 Å². The minimum atomic E-state index is -0.494. The number of halogens is 1. The van der Waals surface area contributed by atoms with Crippen LogP contribution in [0.2, 0.25) is 5.02 Å². The Kier molecular flexibility index (Phi) is 6.92. The fourth-order valence-electron chi connectivity index (χ4n) is 2.43. The lowest BCUT2D eigenvalue weighted by Gasteiger charge is -2.22. The summed E-state index contributed by atoms with van der Waals surface area (Å²) in [5.41, 5.74) is 1.65. The predicted octanol–water partition coefficient (Wildman–Crippen LogP) is 5.37. The highest BCUT2D eigenvalue weighted by Crippen LogP contribution is 2.17. The van der Waals surface area contributed by atoms with Gasteiger partial charge in [0, 0.05) is 11.1 Å². The van der Waals surface area contributed by atoms with Crippen LogP contribution in [0.25, 0.3) is 0 Å². The maximum absolute atomic E-state index is 11.8. The molecule has 0 fully saturated rings. The second kappa shape index (κ2) is 8.95. The molecule has 2 aromatic rings. The van der Waals surface area contributed by atoms with Crippen LogP contribution in [0.3, 0.4) is 0 Å². The van der Waals surface area contributed by atoms with E-state index in [4.69, 9.17) is 21.1 Å². The van der Waals surface area contributed by atoms with Crippen molar-refractivity contribution >= 4 is 17.7 Å². The summed E-state index contributed by atoms with van der Waals surface area (Å²) in [5, 5.41) is 3.55. The Morgan fingerprint density at radius 3 is 2.42 bits per heavy atom. The number of nitrogens with one attached hydrogen (secondary N) is 1. The zero-order valence-electron chi connectivity index (χ0n) is 15.7. The normalized spacial score (nSPS) is 12.3. The van der Waals surface area contributed by atoms with Crippen molar-refractivity contribution in [3.05, 3.63) is 64.7 Å². The van der Waals surface area contributed by atoms with Crippen LogP contribution in [-0.2, 0) is 17.8 Å². The van der Waals surface area contributed by atoms with E-state index in [9.17, 15) is 4.79 Å². The predicted molar refractivity (Wildman–Crippen MR) is 105 cm³/mol. The maximum Gasteiger partial charge on any atom is 0.407 e. The van der Waals surface area contributed by atoms with E-state index in [2.05, 4.69) is 5.32 Å². The zero-order valence-corrected chi connectivity index (χ0v) is 16.5. The molecule has 1 atom stereocenters. The van der Waals surface area contributed by atoms with Gasteiger partial charge in [0.25, 0.3) is 0 Å². The minimum Gasteiger partial charge on any atom is -0.489 e. The van der Waals surface area contributed by atoms with E-state index in [0.29, 0.717) is 18.1 Å². The van der Waals surface area contributed by atoms with Gasteiger partial charge < -0.3 is 14.8 Å². The topological polar surface area (TPSA) is 47.6 Å². The van der Waals surface area contributed by atoms with Crippen LogP contribution in [0.5, 0.6) is 5.75 Å². The number of carbonyl (C=O) groups excluding carboxylic acids is 1. The highest BCUT2D eigenvalue weighted by Gasteiger charge is 2.17. The number of hydrogen-bond acceptors (Lipinski definition) is 3. The molecular formula is C21H26ClNO3. The first-order valence-corrected chi connectivity index (χ1v) is 9.05. The molecule has 1 N–H and O–H groups in total. The lowest BCUT2D eigenvalue weighted by atomic mass is 10.1. The molecular weight excluding hydrogens is 350 g/mol. The summed E-state index contributed by atoms with van der Waals surface area (Å²) in [7, 11) is 0. The van der Waals surface area contributed by atoms with Gasteiger partial charge >= 0.3 is 6.09 Å². The highest BCUT2D eigenvalue weighted by molar-refractivity contribution is 6.30. The van der Waals surface area contributed by atoms with E-state index < -0.39 is 11.7 Å². The monoisotopic (exact) mass is 375 g/mol. The number of rotatable bonds is 6. The van der Waals surface area contributed by atoms with Gasteiger partial charge in [0.15, 0.2) is 0 Å². The van der Waals surface area contributed by atoms with E-state index in [-0.39, 0.29) is 6.04 Å².